The molecule has 102 valence electrons. The summed E-state index contributed by atoms with van der Waals surface area (Å²) in [5.74, 6) is 0. The quantitative estimate of drug-likeness (QED) is 0.684. The van der Waals surface area contributed by atoms with E-state index < -0.39 is 0 Å². The number of nitrogens with one attached hydrogen (secondary N) is 1. The maximum atomic E-state index is 11.8. The predicted molar refractivity (Wildman–Crippen MR) is 79.8 cm³/mol. The molecule has 1 N–H and O–H groups in total. The lowest BCUT2D eigenvalue weighted by molar-refractivity contribution is 0.102. The Morgan fingerprint density at radius 2 is 2.58 bits per heavy atom. The summed E-state index contributed by atoms with van der Waals surface area (Å²) in [6.07, 6.45) is 4.12. The van der Waals surface area contributed by atoms with E-state index in [-0.39, 0.29) is 18.7 Å². The van der Waals surface area contributed by atoms with Crippen LogP contribution in [0.5, 0.6) is 0 Å². The number of thiazole rings is 1. The number of carbonyl (C=O) groups is 1. The summed E-state index contributed by atoms with van der Waals surface area (Å²) in [5.41, 5.74) is 2.26. The minimum absolute atomic E-state index is 0.110. The van der Waals surface area contributed by atoms with Gasteiger partial charge >= 0.3 is 6.09 Å². The van der Waals surface area contributed by atoms with E-state index in [1.165, 1.54) is 16.9 Å². The van der Waals surface area contributed by atoms with Gasteiger partial charge in [0.2, 0.25) is 0 Å². The fourth-order valence-electron chi connectivity index (χ4n) is 2.03. The molecule has 1 atom stereocenters. The highest BCUT2D eigenvalue weighted by Gasteiger charge is 2.25. The summed E-state index contributed by atoms with van der Waals surface area (Å²) in [6, 6.07) is 0.110. The van der Waals surface area contributed by atoms with E-state index >= 15 is 0 Å². The van der Waals surface area contributed by atoms with E-state index in [0.29, 0.717) is 6.54 Å². The molecule has 4 nitrogen and oxygen atoms in total. The smallest absolute Gasteiger partial charge is 0.410 e. The van der Waals surface area contributed by atoms with Crippen molar-refractivity contribution < 1.29 is 9.53 Å². The number of amides is 1. The van der Waals surface area contributed by atoms with E-state index in [2.05, 4.69) is 11.6 Å². The van der Waals surface area contributed by atoms with Crippen LogP contribution in [0, 0.1) is 3.95 Å². The van der Waals surface area contributed by atoms with E-state index in [1.807, 2.05) is 18.4 Å². The van der Waals surface area contributed by atoms with Crippen molar-refractivity contribution in [1.82, 2.24) is 9.88 Å². The maximum Gasteiger partial charge on any atom is 0.410 e. The van der Waals surface area contributed by atoms with Gasteiger partial charge in [-0.05, 0) is 31.1 Å². The van der Waals surface area contributed by atoms with Crippen LogP contribution >= 0.6 is 23.6 Å². The number of aromatic amines is 1. The minimum Gasteiger partial charge on any atom is -0.445 e. The van der Waals surface area contributed by atoms with Crippen LogP contribution in [0.4, 0.5) is 4.79 Å². The SMILES string of the molecule is C=CCOC(=O)N1CC=C(c2csc(=S)[nH]2)C[C@@H]1C. The number of H-pyrrole nitrogens is 1. The predicted octanol–water partition coefficient (Wildman–Crippen LogP) is 3.61. The van der Waals surface area contributed by atoms with E-state index in [1.54, 1.807) is 11.0 Å². The maximum absolute atomic E-state index is 11.8. The molecule has 1 aliphatic rings. The van der Waals surface area contributed by atoms with Gasteiger partial charge in [0, 0.05) is 18.0 Å². The number of rotatable bonds is 3. The molecule has 0 fully saturated rings. The van der Waals surface area contributed by atoms with Crippen molar-refractivity contribution in [2.75, 3.05) is 13.2 Å². The van der Waals surface area contributed by atoms with Gasteiger partial charge in [-0.25, -0.2) is 4.79 Å². The highest BCUT2D eigenvalue weighted by atomic mass is 32.1. The third-order valence-corrected chi connectivity index (χ3v) is 4.07. The average molecular weight is 296 g/mol. The molecule has 0 saturated heterocycles. The zero-order chi connectivity index (χ0) is 13.8. The lowest BCUT2D eigenvalue weighted by Crippen LogP contribution is -2.41. The average Bonchev–Trinajstić information content (AvgIpc) is 2.82. The van der Waals surface area contributed by atoms with Crippen molar-refractivity contribution in [2.45, 2.75) is 19.4 Å². The molecule has 0 aromatic carbocycles. The topological polar surface area (TPSA) is 45.3 Å². The first-order valence-corrected chi connectivity index (χ1v) is 7.32. The lowest BCUT2D eigenvalue weighted by Gasteiger charge is -2.31. The van der Waals surface area contributed by atoms with Crippen LogP contribution in [-0.4, -0.2) is 35.2 Å². The molecule has 1 aromatic heterocycles. The van der Waals surface area contributed by atoms with Gasteiger partial charge in [-0.1, -0.05) is 18.7 Å². The molecule has 0 radical (unpaired) electrons. The third kappa shape index (κ3) is 3.33. The van der Waals surface area contributed by atoms with Crippen LogP contribution in [0.15, 0.2) is 24.1 Å². The molecule has 6 heteroatoms. The molecule has 0 unspecified atom stereocenters. The van der Waals surface area contributed by atoms with E-state index in [9.17, 15) is 4.79 Å². The van der Waals surface area contributed by atoms with Gasteiger partial charge in [0.25, 0.3) is 0 Å². The van der Waals surface area contributed by atoms with Gasteiger partial charge in [-0.3, -0.25) is 0 Å². The molecule has 1 aliphatic heterocycles. The van der Waals surface area contributed by atoms with Gasteiger partial charge in [0.05, 0.1) is 5.69 Å². The van der Waals surface area contributed by atoms with Crippen molar-refractivity contribution in [2.24, 2.45) is 0 Å². The summed E-state index contributed by atoms with van der Waals surface area (Å²) in [5, 5.41) is 2.02. The highest BCUT2D eigenvalue weighted by Crippen LogP contribution is 2.26. The third-order valence-electron chi connectivity index (χ3n) is 3.01. The number of hydrogen-bond donors (Lipinski definition) is 1. The Morgan fingerprint density at radius 3 is 3.16 bits per heavy atom. The Bertz CT molecular complexity index is 559. The number of carbonyl (C=O) groups excluding carboxylic acids is 1. The molecule has 1 amide bonds. The second-order valence-electron chi connectivity index (χ2n) is 4.36. The number of ether oxygens (including phenoxy) is 1. The first-order chi connectivity index (χ1) is 9.11. The standard InChI is InChI=1S/C13H16N2O2S2/c1-3-6-17-13(16)15-5-4-10(7-9(15)2)11-8-19-12(18)14-11/h3-4,8-9H,1,5-7H2,2H3,(H,14,18)/t9-/m0/s1. The Balaban J connectivity index is 2.07. The molecule has 0 aliphatic carbocycles. The molecule has 0 bridgehead atoms. The van der Waals surface area contributed by atoms with Gasteiger partial charge in [-0.2, -0.15) is 0 Å². The Hall–Kier alpha value is -1.40. The van der Waals surface area contributed by atoms with Crippen LogP contribution in [-0.2, 0) is 4.74 Å². The highest BCUT2D eigenvalue weighted by molar-refractivity contribution is 7.73. The molecular weight excluding hydrogens is 280 g/mol. The van der Waals surface area contributed by atoms with Crippen molar-refractivity contribution in [3.63, 3.8) is 0 Å². The van der Waals surface area contributed by atoms with Crippen molar-refractivity contribution >= 4 is 35.2 Å². The van der Waals surface area contributed by atoms with Gasteiger partial charge in [0.15, 0.2) is 3.95 Å². The van der Waals surface area contributed by atoms with Crippen molar-refractivity contribution in [3.8, 4) is 0 Å². The van der Waals surface area contributed by atoms with Crippen molar-refractivity contribution in [1.29, 1.82) is 0 Å². The summed E-state index contributed by atoms with van der Waals surface area (Å²) < 4.78 is 5.84. The van der Waals surface area contributed by atoms with Crippen LogP contribution in [0.25, 0.3) is 5.57 Å². The van der Waals surface area contributed by atoms with E-state index in [0.717, 1.165) is 16.1 Å². The summed E-state index contributed by atoms with van der Waals surface area (Å²) in [7, 11) is 0. The van der Waals surface area contributed by atoms with Crippen LogP contribution in [0.1, 0.15) is 19.0 Å². The van der Waals surface area contributed by atoms with Crippen LogP contribution in [0.2, 0.25) is 0 Å². The zero-order valence-corrected chi connectivity index (χ0v) is 12.4. The molecule has 2 heterocycles. The molecule has 1 aromatic rings. The second-order valence-corrected chi connectivity index (χ2v) is 5.91. The number of nitrogens with zero attached hydrogens (tertiary/aromatic N) is 1. The van der Waals surface area contributed by atoms with Gasteiger partial charge < -0.3 is 14.6 Å². The van der Waals surface area contributed by atoms with E-state index in [4.69, 9.17) is 17.0 Å². The number of hydrogen-bond acceptors (Lipinski definition) is 4. The minimum atomic E-state index is -0.291. The Kier molecular flexibility index (Phi) is 4.55. The second kappa shape index (κ2) is 6.16. The van der Waals surface area contributed by atoms with Crippen LogP contribution in [0.3, 0.4) is 0 Å². The van der Waals surface area contributed by atoms with Gasteiger partial charge in [0.1, 0.15) is 6.61 Å². The van der Waals surface area contributed by atoms with Crippen molar-refractivity contribution in [3.05, 3.63) is 33.8 Å². The van der Waals surface area contributed by atoms with Gasteiger partial charge in [-0.15, -0.1) is 11.3 Å². The molecule has 2 rings (SSSR count). The Morgan fingerprint density at radius 1 is 1.79 bits per heavy atom. The Labute approximate surface area is 121 Å². The van der Waals surface area contributed by atoms with Crippen LogP contribution < -0.4 is 0 Å². The number of aromatic nitrogens is 1. The lowest BCUT2D eigenvalue weighted by atomic mass is 10.00. The summed E-state index contributed by atoms with van der Waals surface area (Å²) in [4.78, 5) is 16.7. The molecule has 19 heavy (non-hydrogen) atoms. The monoisotopic (exact) mass is 296 g/mol. The zero-order valence-electron chi connectivity index (χ0n) is 10.7. The first-order valence-electron chi connectivity index (χ1n) is 6.03. The fourth-order valence-corrected chi connectivity index (χ4v) is 2.88. The normalized spacial score (nSPS) is 18.9. The molecular formula is C13H16N2O2S2. The summed E-state index contributed by atoms with van der Waals surface area (Å²) in [6.45, 7) is 6.35. The fraction of sp³-hybridized carbons (Fsp3) is 0.385. The summed E-state index contributed by atoms with van der Waals surface area (Å²) >= 11 is 6.61. The molecule has 0 saturated carbocycles. The first kappa shape index (κ1) is 14.0. The largest absolute Gasteiger partial charge is 0.445 e. The molecule has 0 spiro atoms.